The van der Waals surface area contributed by atoms with Gasteiger partial charge in [0.2, 0.25) is 0 Å². The summed E-state index contributed by atoms with van der Waals surface area (Å²) in [5.74, 6) is 0.706. The Bertz CT molecular complexity index is 914. The van der Waals surface area contributed by atoms with Crippen molar-refractivity contribution < 1.29 is 13.2 Å². The molecule has 0 atom stereocenters. The summed E-state index contributed by atoms with van der Waals surface area (Å²) in [4.78, 5) is 12.5. The normalized spacial score (nSPS) is 18.7. The third-order valence-corrected chi connectivity index (χ3v) is 7.12. The van der Waals surface area contributed by atoms with E-state index >= 15 is 0 Å². The van der Waals surface area contributed by atoms with Crippen molar-refractivity contribution in [3.8, 4) is 0 Å². The molecule has 7 heteroatoms. The first-order chi connectivity index (χ1) is 13.7. The molecule has 1 aromatic carbocycles. The maximum Gasteiger partial charge on any atom is 0.333 e. The highest BCUT2D eigenvalue weighted by molar-refractivity contribution is 7.92. The lowest BCUT2D eigenvalue weighted by Crippen LogP contribution is -2.39. The highest BCUT2D eigenvalue weighted by Crippen LogP contribution is 2.38. The van der Waals surface area contributed by atoms with Crippen molar-refractivity contribution in [2.45, 2.75) is 70.8 Å². The van der Waals surface area contributed by atoms with Gasteiger partial charge in [0, 0.05) is 16.6 Å². The van der Waals surface area contributed by atoms with Crippen LogP contribution in [0, 0.1) is 5.92 Å². The van der Waals surface area contributed by atoms with Crippen molar-refractivity contribution in [3.63, 3.8) is 0 Å². The lowest BCUT2D eigenvalue weighted by molar-refractivity contribution is 0.256. The van der Waals surface area contributed by atoms with Crippen molar-refractivity contribution in [2.24, 2.45) is 5.92 Å². The smallest absolute Gasteiger partial charge is 0.308 e. The quantitative estimate of drug-likeness (QED) is 0.634. The van der Waals surface area contributed by atoms with Crippen LogP contribution < -0.4 is 15.4 Å². The average molecular weight is 418 g/mol. The van der Waals surface area contributed by atoms with Gasteiger partial charge in [0.1, 0.15) is 0 Å². The van der Waals surface area contributed by atoms with Gasteiger partial charge < -0.3 is 10.6 Å². The summed E-state index contributed by atoms with van der Waals surface area (Å²) in [6.45, 7) is 4.74. The van der Waals surface area contributed by atoms with Crippen molar-refractivity contribution in [2.75, 3.05) is 11.9 Å². The lowest BCUT2D eigenvalue weighted by Gasteiger charge is -2.22. The van der Waals surface area contributed by atoms with Gasteiger partial charge in [0.15, 0.2) is 0 Å². The van der Waals surface area contributed by atoms with Crippen LogP contribution in [0.25, 0.3) is 0 Å². The Hall–Kier alpha value is -1.86. The number of anilines is 1. The highest BCUT2D eigenvalue weighted by atomic mass is 32.2. The fraction of sp³-hybridized carbons (Fsp3) is 0.591. The summed E-state index contributed by atoms with van der Waals surface area (Å²) in [5.41, 5.74) is 5.35. The minimum atomic E-state index is -3.87. The standard InChI is InChI=1S/C22H31N3O3S/c1-22(2,23-14-15-9-10-15)11-12-29(27,28)25-21(26)24-20-18-7-3-5-16(18)13-17-6-4-8-19(17)20/h11-13,15,23H,3-10,14H2,1-2H3,(H2,24,25,26)/b12-11+. The highest BCUT2D eigenvalue weighted by Gasteiger charge is 2.26. The van der Waals surface area contributed by atoms with E-state index in [2.05, 4.69) is 21.4 Å². The fourth-order valence-electron chi connectivity index (χ4n) is 4.32. The van der Waals surface area contributed by atoms with Gasteiger partial charge in [-0.15, -0.1) is 0 Å². The Balaban J connectivity index is 1.42. The fourth-order valence-corrected chi connectivity index (χ4v) is 5.21. The van der Waals surface area contributed by atoms with E-state index in [4.69, 9.17) is 0 Å². The molecule has 29 heavy (non-hydrogen) atoms. The first-order valence-electron chi connectivity index (χ1n) is 10.7. The Kier molecular flexibility index (Phi) is 5.46. The number of hydrogen-bond donors (Lipinski definition) is 3. The number of urea groups is 1. The zero-order valence-corrected chi connectivity index (χ0v) is 18.1. The van der Waals surface area contributed by atoms with Gasteiger partial charge in [0.05, 0.1) is 0 Å². The summed E-state index contributed by atoms with van der Waals surface area (Å²) in [5, 5.41) is 7.32. The zero-order valence-electron chi connectivity index (χ0n) is 17.3. The van der Waals surface area contributed by atoms with Crippen LogP contribution in [-0.4, -0.2) is 26.5 Å². The molecule has 1 aromatic rings. The summed E-state index contributed by atoms with van der Waals surface area (Å²) < 4.78 is 27.0. The largest absolute Gasteiger partial charge is 0.333 e. The second-order valence-corrected chi connectivity index (χ2v) is 10.8. The molecule has 2 amide bonds. The Morgan fingerprint density at radius 2 is 1.72 bits per heavy atom. The molecule has 3 N–H and O–H groups in total. The van der Waals surface area contributed by atoms with E-state index in [1.54, 1.807) is 6.08 Å². The summed E-state index contributed by atoms with van der Waals surface area (Å²) in [6.07, 6.45) is 10.2. The molecule has 0 radical (unpaired) electrons. The zero-order chi connectivity index (χ0) is 20.6. The molecule has 0 bridgehead atoms. The SMILES string of the molecule is CC(C)(/C=C/S(=O)(=O)NC(=O)Nc1c2c(cc3c1CCC3)CCC2)NCC1CC1. The molecular formula is C22H31N3O3S. The number of amides is 2. The number of benzene rings is 1. The van der Waals surface area contributed by atoms with Crippen molar-refractivity contribution >= 4 is 21.7 Å². The molecule has 3 aliphatic rings. The van der Waals surface area contributed by atoms with Gasteiger partial charge >= 0.3 is 6.03 Å². The Morgan fingerprint density at radius 3 is 2.31 bits per heavy atom. The first kappa shape index (κ1) is 20.4. The maximum absolute atomic E-state index is 12.5. The average Bonchev–Trinajstić information content (AvgIpc) is 3.15. The van der Waals surface area contributed by atoms with Crippen molar-refractivity contribution in [3.05, 3.63) is 39.8 Å². The number of sulfonamides is 1. The van der Waals surface area contributed by atoms with Crippen molar-refractivity contribution in [1.29, 1.82) is 0 Å². The molecule has 158 valence electrons. The van der Waals surface area contributed by atoms with Gasteiger partial charge in [-0.3, -0.25) is 0 Å². The molecular weight excluding hydrogens is 386 g/mol. The van der Waals surface area contributed by atoms with Crippen LogP contribution in [0.5, 0.6) is 0 Å². The number of nitrogens with one attached hydrogen (secondary N) is 3. The number of carbonyl (C=O) groups excluding carboxylic acids is 1. The lowest BCUT2D eigenvalue weighted by atomic mass is 9.99. The predicted octanol–water partition coefficient (Wildman–Crippen LogP) is 3.41. The van der Waals surface area contributed by atoms with E-state index < -0.39 is 21.6 Å². The predicted molar refractivity (Wildman–Crippen MR) is 116 cm³/mol. The third kappa shape index (κ3) is 5.01. The minimum Gasteiger partial charge on any atom is -0.308 e. The molecule has 0 aromatic heterocycles. The van der Waals surface area contributed by atoms with Gasteiger partial charge in [-0.1, -0.05) is 12.1 Å². The monoisotopic (exact) mass is 417 g/mol. The van der Waals surface area contributed by atoms with Crippen LogP contribution in [0.2, 0.25) is 0 Å². The molecule has 1 saturated carbocycles. The molecule has 0 heterocycles. The van der Waals surface area contributed by atoms with E-state index in [9.17, 15) is 13.2 Å². The van der Waals surface area contributed by atoms with Crippen LogP contribution >= 0.6 is 0 Å². The molecule has 3 aliphatic carbocycles. The molecule has 0 spiro atoms. The number of carbonyl (C=O) groups is 1. The van der Waals surface area contributed by atoms with E-state index in [0.29, 0.717) is 5.92 Å². The van der Waals surface area contributed by atoms with E-state index in [0.717, 1.165) is 56.2 Å². The van der Waals surface area contributed by atoms with Gasteiger partial charge in [0.25, 0.3) is 10.0 Å². The van der Waals surface area contributed by atoms with Gasteiger partial charge in [-0.05, 0) is 99.9 Å². The van der Waals surface area contributed by atoms with E-state index in [1.165, 1.54) is 35.1 Å². The minimum absolute atomic E-state index is 0.450. The summed E-state index contributed by atoms with van der Waals surface area (Å²) in [7, 11) is -3.87. The molecule has 1 fully saturated rings. The van der Waals surface area contributed by atoms with Gasteiger partial charge in [-0.25, -0.2) is 17.9 Å². The number of rotatable bonds is 7. The summed E-state index contributed by atoms with van der Waals surface area (Å²) >= 11 is 0. The Labute approximate surface area is 173 Å². The van der Waals surface area contributed by atoms with E-state index in [-0.39, 0.29) is 0 Å². The Morgan fingerprint density at radius 1 is 1.10 bits per heavy atom. The third-order valence-electron chi connectivity index (χ3n) is 6.15. The van der Waals surface area contributed by atoms with E-state index in [1.807, 2.05) is 13.8 Å². The van der Waals surface area contributed by atoms with Crippen LogP contribution in [0.15, 0.2) is 17.6 Å². The topological polar surface area (TPSA) is 87.3 Å². The van der Waals surface area contributed by atoms with Crippen LogP contribution in [-0.2, 0) is 35.7 Å². The molecule has 0 saturated heterocycles. The molecule has 4 rings (SSSR count). The molecule has 0 unspecified atom stereocenters. The van der Waals surface area contributed by atoms with Crippen LogP contribution in [0.3, 0.4) is 0 Å². The van der Waals surface area contributed by atoms with Crippen LogP contribution in [0.4, 0.5) is 10.5 Å². The number of fused-ring (bicyclic) bond motifs is 2. The number of aryl methyl sites for hydroxylation is 2. The molecule has 6 nitrogen and oxygen atoms in total. The van der Waals surface area contributed by atoms with Gasteiger partial charge in [-0.2, -0.15) is 0 Å². The summed E-state index contributed by atoms with van der Waals surface area (Å²) in [6, 6.07) is 1.59. The second-order valence-electron chi connectivity index (χ2n) is 9.18. The van der Waals surface area contributed by atoms with Crippen LogP contribution in [0.1, 0.15) is 61.8 Å². The number of hydrogen-bond acceptors (Lipinski definition) is 4. The molecule has 0 aliphatic heterocycles. The maximum atomic E-state index is 12.5. The van der Waals surface area contributed by atoms with Crippen molar-refractivity contribution in [1.82, 2.24) is 10.0 Å². The second kappa shape index (κ2) is 7.76. The first-order valence-corrected chi connectivity index (χ1v) is 12.2.